The summed E-state index contributed by atoms with van der Waals surface area (Å²) in [5.74, 6) is -1.76. The topological polar surface area (TPSA) is 43.1 Å². The highest BCUT2D eigenvalue weighted by Crippen LogP contribution is 2.18. The number of hydrogen-bond acceptors (Lipinski definition) is 2. The molecule has 0 aliphatic carbocycles. The van der Waals surface area contributed by atoms with Gasteiger partial charge in [-0.15, -0.1) is 0 Å². The summed E-state index contributed by atoms with van der Waals surface area (Å²) in [6, 6.07) is 8.34. The summed E-state index contributed by atoms with van der Waals surface area (Å²) in [6.07, 6.45) is -0.304. The second kappa shape index (κ2) is 5.18. The molecular formula is C15H13F2NO. The van der Waals surface area contributed by atoms with Crippen LogP contribution < -0.4 is 5.73 Å². The van der Waals surface area contributed by atoms with E-state index in [2.05, 4.69) is 0 Å². The van der Waals surface area contributed by atoms with Crippen LogP contribution in [0.4, 0.5) is 14.5 Å². The number of benzene rings is 2. The van der Waals surface area contributed by atoms with Crippen molar-refractivity contribution in [1.29, 1.82) is 0 Å². The molecule has 0 bridgehead atoms. The van der Waals surface area contributed by atoms with E-state index in [0.29, 0.717) is 11.3 Å². The van der Waals surface area contributed by atoms with Gasteiger partial charge in [0.25, 0.3) is 0 Å². The highest BCUT2D eigenvalue weighted by Gasteiger charge is 2.14. The minimum absolute atomic E-state index is 0.207. The van der Waals surface area contributed by atoms with Crippen LogP contribution in [0.2, 0.25) is 0 Å². The van der Waals surface area contributed by atoms with Crippen molar-refractivity contribution in [2.45, 2.75) is 13.3 Å². The molecule has 0 aliphatic rings. The Labute approximate surface area is 109 Å². The lowest BCUT2D eigenvalue weighted by Crippen LogP contribution is -2.08. The van der Waals surface area contributed by atoms with Crippen molar-refractivity contribution in [2.75, 3.05) is 5.73 Å². The molecule has 0 radical (unpaired) electrons. The van der Waals surface area contributed by atoms with E-state index >= 15 is 0 Å². The fourth-order valence-electron chi connectivity index (χ4n) is 1.81. The lowest BCUT2D eigenvalue weighted by Gasteiger charge is -2.06. The van der Waals surface area contributed by atoms with Gasteiger partial charge < -0.3 is 5.73 Å². The number of rotatable bonds is 3. The molecule has 0 atom stereocenters. The molecule has 0 heterocycles. The minimum Gasteiger partial charge on any atom is -0.399 e. The van der Waals surface area contributed by atoms with Gasteiger partial charge in [0.15, 0.2) is 5.78 Å². The van der Waals surface area contributed by atoms with Gasteiger partial charge in [-0.2, -0.15) is 0 Å². The molecule has 0 saturated heterocycles. The molecule has 0 aliphatic heterocycles. The largest absolute Gasteiger partial charge is 0.399 e. The third kappa shape index (κ3) is 2.78. The van der Waals surface area contributed by atoms with Gasteiger partial charge in [-0.1, -0.05) is 6.07 Å². The molecule has 98 valence electrons. The molecule has 4 heteroatoms. The number of carbonyl (C=O) groups excluding carboxylic acids is 1. The number of Topliss-reactive ketones (excluding diaryl/α,β-unsaturated/α-hetero) is 1. The number of nitrogens with two attached hydrogens (primary N) is 1. The van der Waals surface area contributed by atoms with Gasteiger partial charge in [0.2, 0.25) is 0 Å². The Morgan fingerprint density at radius 2 is 1.79 bits per heavy atom. The molecule has 2 rings (SSSR count). The Balaban J connectivity index is 2.28. The van der Waals surface area contributed by atoms with E-state index in [-0.39, 0.29) is 17.8 Å². The number of halogens is 2. The third-order valence-electron chi connectivity index (χ3n) is 2.99. The Morgan fingerprint density at radius 3 is 2.37 bits per heavy atom. The first kappa shape index (κ1) is 13.2. The first-order valence-electron chi connectivity index (χ1n) is 5.81. The van der Waals surface area contributed by atoms with Gasteiger partial charge in [-0.3, -0.25) is 4.79 Å². The maximum Gasteiger partial charge on any atom is 0.167 e. The molecule has 0 amide bonds. The van der Waals surface area contributed by atoms with E-state index < -0.39 is 11.6 Å². The van der Waals surface area contributed by atoms with E-state index in [1.54, 1.807) is 25.1 Å². The zero-order valence-corrected chi connectivity index (χ0v) is 10.4. The fourth-order valence-corrected chi connectivity index (χ4v) is 1.81. The summed E-state index contributed by atoms with van der Waals surface area (Å²) >= 11 is 0. The lowest BCUT2D eigenvalue weighted by atomic mass is 10.00. The predicted molar refractivity (Wildman–Crippen MR) is 70.0 cm³/mol. The van der Waals surface area contributed by atoms with E-state index in [0.717, 1.165) is 17.7 Å². The van der Waals surface area contributed by atoms with Crippen molar-refractivity contribution in [3.05, 3.63) is 64.7 Å². The van der Waals surface area contributed by atoms with Crippen LogP contribution in [0, 0.1) is 18.6 Å². The zero-order chi connectivity index (χ0) is 14.0. The Bertz CT molecular complexity index is 618. The number of aryl methyl sites for hydroxylation is 1. The number of nitrogen functional groups attached to an aromatic ring is 1. The molecule has 2 aromatic rings. The monoisotopic (exact) mass is 261 g/mol. The summed E-state index contributed by atoms with van der Waals surface area (Å²) in [7, 11) is 0. The summed E-state index contributed by atoms with van der Waals surface area (Å²) in [4.78, 5) is 12.0. The minimum atomic E-state index is -0.708. The van der Waals surface area contributed by atoms with Crippen LogP contribution in [-0.2, 0) is 6.42 Å². The Kier molecular flexibility index (Phi) is 3.60. The van der Waals surface area contributed by atoms with Gasteiger partial charge >= 0.3 is 0 Å². The van der Waals surface area contributed by atoms with Gasteiger partial charge in [-0.05, 0) is 42.8 Å². The van der Waals surface area contributed by atoms with Gasteiger partial charge in [0.05, 0.1) is 0 Å². The fraction of sp³-hybridized carbons (Fsp3) is 0.133. The van der Waals surface area contributed by atoms with Crippen LogP contribution in [0.3, 0.4) is 0 Å². The van der Waals surface area contributed by atoms with Crippen molar-refractivity contribution in [3.8, 4) is 0 Å². The summed E-state index contributed by atoms with van der Waals surface area (Å²) in [6.45, 7) is 1.77. The lowest BCUT2D eigenvalue weighted by molar-refractivity contribution is 0.0990. The van der Waals surface area contributed by atoms with Crippen molar-refractivity contribution >= 4 is 11.5 Å². The van der Waals surface area contributed by atoms with Crippen molar-refractivity contribution in [2.24, 2.45) is 0 Å². The maximum absolute atomic E-state index is 13.5. The van der Waals surface area contributed by atoms with Crippen LogP contribution in [0.1, 0.15) is 21.5 Å². The van der Waals surface area contributed by atoms with Crippen LogP contribution in [0.25, 0.3) is 0 Å². The van der Waals surface area contributed by atoms with Crippen LogP contribution in [-0.4, -0.2) is 5.78 Å². The molecular weight excluding hydrogens is 248 g/mol. The van der Waals surface area contributed by atoms with Crippen molar-refractivity contribution in [3.63, 3.8) is 0 Å². The average Bonchev–Trinajstić information content (AvgIpc) is 2.37. The zero-order valence-electron chi connectivity index (χ0n) is 10.4. The maximum atomic E-state index is 13.5. The van der Waals surface area contributed by atoms with Crippen LogP contribution >= 0.6 is 0 Å². The molecule has 0 unspecified atom stereocenters. The van der Waals surface area contributed by atoms with Gasteiger partial charge in [0, 0.05) is 23.2 Å². The van der Waals surface area contributed by atoms with E-state index in [1.807, 2.05) is 0 Å². The molecule has 2 N–H and O–H groups in total. The molecule has 0 saturated carbocycles. The smallest absolute Gasteiger partial charge is 0.167 e. The van der Waals surface area contributed by atoms with Gasteiger partial charge in [-0.25, -0.2) is 8.78 Å². The average molecular weight is 261 g/mol. The summed E-state index contributed by atoms with van der Waals surface area (Å²) in [5, 5.41) is 0. The first-order chi connectivity index (χ1) is 8.99. The first-order valence-corrected chi connectivity index (χ1v) is 5.81. The van der Waals surface area contributed by atoms with Crippen LogP contribution in [0.15, 0.2) is 36.4 Å². The number of carbonyl (C=O) groups is 1. The molecule has 0 spiro atoms. The molecule has 0 fully saturated rings. The highest BCUT2D eigenvalue weighted by atomic mass is 19.1. The third-order valence-corrected chi connectivity index (χ3v) is 2.99. The van der Waals surface area contributed by atoms with E-state index in [4.69, 9.17) is 5.73 Å². The van der Waals surface area contributed by atoms with Gasteiger partial charge in [0.1, 0.15) is 11.6 Å². The summed E-state index contributed by atoms with van der Waals surface area (Å²) < 4.78 is 26.9. The predicted octanol–water partition coefficient (Wildman–Crippen LogP) is 3.28. The quantitative estimate of drug-likeness (QED) is 0.680. The molecule has 0 aromatic heterocycles. The second-order valence-electron chi connectivity index (χ2n) is 4.37. The van der Waals surface area contributed by atoms with E-state index in [1.165, 1.54) is 6.07 Å². The highest BCUT2D eigenvalue weighted by molar-refractivity contribution is 5.98. The Morgan fingerprint density at radius 1 is 1.16 bits per heavy atom. The van der Waals surface area contributed by atoms with Crippen molar-refractivity contribution < 1.29 is 13.6 Å². The Hall–Kier alpha value is -2.23. The molecule has 2 aromatic carbocycles. The van der Waals surface area contributed by atoms with Crippen molar-refractivity contribution in [1.82, 2.24) is 0 Å². The van der Waals surface area contributed by atoms with Crippen LogP contribution in [0.5, 0.6) is 0 Å². The number of ketones is 1. The normalized spacial score (nSPS) is 10.5. The standard InChI is InChI=1S/C15H13F2NO/c1-9-7-10(5-6-14(9)18)15(19)8-11-12(16)3-2-4-13(11)17/h2-7H,8,18H2,1H3. The number of anilines is 1. The molecule has 2 nitrogen and oxygen atoms in total. The SMILES string of the molecule is Cc1cc(C(=O)Cc2c(F)cccc2F)ccc1N. The number of hydrogen-bond donors (Lipinski definition) is 1. The molecule has 19 heavy (non-hydrogen) atoms. The van der Waals surface area contributed by atoms with E-state index in [9.17, 15) is 13.6 Å². The summed E-state index contributed by atoms with van der Waals surface area (Å²) in [5.41, 5.74) is 7.19. The second-order valence-corrected chi connectivity index (χ2v) is 4.37.